The van der Waals surface area contributed by atoms with E-state index < -0.39 is 6.04 Å². The molecule has 1 N–H and O–H groups in total. The summed E-state index contributed by atoms with van der Waals surface area (Å²) in [5, 5.41) is 8.62. The van der Waals surface area contributed by atoms with Gasteiger partial charge in [-0.2, -0.15) is 9.78 Å². The summed E-state index contributed by atoms with van der Waals surface area (Å²) in [7, 11) is 0. The highest BCUT2D eigenvalue weighted by Gasteiger charge is 2.24. The summed E-state index contributed by atoms with van der Waals surface area (Å²) >= 11 is 0. The van der Waals surface area contributed by atoms with E-state index in [1.54, 1.807) is 24.4 Å². The topological polar surface area (TPSA) is 87.4 Å². The van der Waals surface area contributed by atoms with Gasteiger partial charge in [0, 0.05) is 28.5 Å². The smallest absolute Gasteiger partial charge is 0.281 e. The Morgan fingerprint density at radius 1 is 1.03 bits per heavy atom. The lowest BCUT2D eigenvalue weighted by molar-refractivity contribution is -0.118. The standard InChI is InChI=1S/C25H24N4O4/c1-15-20-14-26-29(19-7-5-4-6-8-19)25(31)23(20)16(2)28(15)17(3)24(30)27-18-9-10-21-22(13-18)33-12-11-32-21/h4-10,13-14,17H,11-12H2,1-3H3,(H,27,30). The first-order valence-electron chi connectivity index (χ1n) is 10.8. The molecule has 3 heterocycles. The van der Waals surface area contributed by atoms with Crippen molar-refractivity contribution in [3.63, 3.8) is 0 Å². The van der Waals surface area contributed by atoms with E-state index in [1.807, 2.05) is 55.7 Å². The third kappa shape index (κ3) is 3.53. The fraction of sp³-hybridized carbons (Fsp3) is 0.240. The van der Waals surface area contributed by atoms with Crippen molar-refractivity contribution in [1.29, 1.82) is 0 Å². The van der Waals surface area contributed by atoms with E-state index in [2.05, 4.69) is 10.4 Å². The summed E-state index contributed by atoms with van der Waals surface area (Å²) in [5.41, 5.74) is 2.65. The maximum absolute atomic E-state index is 13.3. The van der Waals surface area contributed by atoms with Gasteiger partial charge in [-0.1, -0.05) is 18.2 Å². The lowest BCUT2D eigenvalue weighted by atomic mass is 10.2. The molecular formula is C25H24N4O4. The van der Waals surface area contributed by atoms with E-state index in [4.69, 9.17) is 9.47 Å². The zero-order valence-corrected chi connectivity index (χ0v) is 18.7. The largest absolute Gasteiger partial charge is 0.486 e. The Morgan fingerprint density at radius 2 is 1.76 bits per heavy atom. The Labute approximate surface area is 190 Å². The summed E-state index contributed by atoms with van der Waals surface area (Å²) in [5.74, 6) is 1.07. The van der Waals surface area contributed by atoms with Gasteiger partial charge in [-0.25, -0.2) is 0 Å². The summed E-state index contributed by atoms with van der Waals surface area (Å²) in [6.07, 6.45) is 1.69. The third-order valence-electron chi connectivity index (χ3n) is 6.03. The molecule has 0 bridgehead atoms. The molecule has 33 heavy (non-hydrogen) atoms. The van der Waals surface area contributed by atoms with Gasteiger partial charge in [0.05, 0.1) is 17.3 Å². The number of hydrogen-bond acceptors (Lipinski definition) is 5. The van der Waals surface area contributed by atoms with Crippen LogP contribution in [0.25, 0.3) is 16.5 Å². The highest BCUT2D eigenvalue weighted by Crippen LogP contribution is 2.33. The number of ether oxygens (including phenoxy) is 2. The number of nitrogens with one attached hydrogen (secondary N) is 1. The van der Waals surface area contributed by atoms with Gasteiger partial charge in [0.1, 0.15) is 19.3 Å². The normalized spacial score (nSPS) is 13.7. The molecule has 1 aliphatic rings. The minimum atomic E-state index is -0.546. The van der Waals surface area contributed by atoms with Crippen molar-refractivity contribution in [2.75, 3.05) is 18.5 Å². The first kappa shape index (κ1) is 20.8. The molecule has 1 aliphatic heterocycles. The van der Waals surface area contributed by atoms with E-state index in [-0.39, 0.29) is 11.5 Å². The minimum Gasteiger partial charge on any atom is -0.486 e. The van der Waals surface area contributed by atoms with Crippen molar-refractivity contribution >= 4 is 22.4 Å². The van der Waals surface area contributed by atoms with Crippen LogP contribution in [0.5, 0.6) is 11.5 Å². The van der Waals surface area contributed by atoms with Crippen LogP contribution in [0.4, 0.5) is 5.69 Å². The second-order valence-electron chi connectivity index (χ2n) is 8.05. The van der Waals surface area contributed by atoms with Gasteiger partial charge in [0.2, 0.25) is 5.91 Å². The van der Waals surface area contributed by atoms with Crippen molar-refractivity contribution in [3.05, 3.63) is 76.5 Å². The number of fused-ring (bicyclic) bond motifs is 2. The van der Waals surface area contributed by atoms with E-state index in [9.17, 15) is 9.59 Å². The predicted molar refractivity (Wildman–Crippen MR) is 126 cm³/mol. The molecule has 0 saturated carbocycles. The second kappa shape index (κ2) is 8.12. The number of carbonyl (C=O) groups excluding carboxylic acids is 1. The quantitative estimate of drug-likeness (QED) is 0.518. The number of aromatic nitrogens is 3. The van der Waals surface area contributed by atoms with Gasteiger partial charge in [0.15, 0.2) is 11.5 Å². The number of hydrogen-bond donors (Lipinski definition) is 1. The SMILES string of the molecule is Cc1c2cnn(-c3ccccc3)c(=O)c2c(C)n1C(C)C(=O)Nc1ccc2c(c1)OCCO2. The number of carbonyl (C=O) groups is 1. The zero-order chi connectivity index (χ0) is 23.1. The molecule has 0 fully saturated rings. The molecule has 1 amide bonds. The Bertz CT molecular complexity index is 1420. The first-order valence-corrected chi connectivity index (χ1v) is 10.8. The van der Waals surface area contributed by atoms with E-state index in [0.717, 1.165) is 16.8 Å². The molecule has 1 unspecified atom stereocenters. The molecule has 2 aromatic heterocycles. The van der Waals surface area contributed by atoms with Crippen LogP contribution in [0, 0.1) is 13.8 Å². The maximum Gasteiger partial charge on any atom is 0.281 e. The summed E-state index contributed by atoms with van der Waals surface area (Å²) < 4.78 is 14.4. The molecule has 168 valence electrons. The van der Waals surface area contributed by atoms with E-state index in [0.29, 0.717) is 41.5 Å². The number of amides is 1. The van der Waals surface area contributed by atoms with Crippen molar-refractivity contribution in [2.24, 2.45) is 0 Å². The Kier molecular flexibility index (Phi) is 5.12. The Morgan fingerprint density at radius 3 is 2.52 bits per heavy atom. The van der Waals surface area contributed by atoms with Crippen LogP contribution >= 0.6 is 0 Å². The number of benzene rings is 2. The number of anilines is 1. The average molecular weight is 444 g/mol. The van der Waals surface area contributed by atoms with Crippen LogP contribution in [0.2, 0.25) is 0 Å². The monoisotopic (exact) mass is 444 g/mol. The third-order valence-corrected chi connectivity index (χ3v) is 6.03. The molecule has 4 aromatic rings. The molecule has 1 atom stereocenters. The van der Waals surface area contributed by atoms with Crippen LogP contribution in [0.1, 0.15) is 24.4 Å². The lowest BCUT2D eigenvalue weighted by Gasteiger charge is -2.21. The number of rotatable bonds is 4. The number of aryl methyl sites for hydroxylation is 2. The Balaban J connectivity index is 1.49. The first-order chi connectivity index (χ1) is 16.0. The molecule has 5 rings (SSSR count). The van der Waals surface area contributed by atoms with Crippen molar-refractivity contribution in [1.82, 2.24) is 14.3 Å². The van der Waals surface area contributed by atoms with Gasteiger partial charge in [-0.05, 0) is 45.0 Å². The maximum atomic E-state index is 13.3. The lowest BCUT2D eigenvalue weighted by Crippen LogP contribution is -2.25. The highest BCUT2D eigenvalue weighted by molar-refractivity contribution is 5.95. The molecule has 0 radical (unpaired) electrons. The zero-order valence-electron chi connectivity index (χ0n) is 18.7. The van der Waals surface area contributed by atoms with Gasteiger partial charge in [-0.3, -0.25) is 9.59 Å². The average Bonchev–Trinajstić information content (AvgIpc) is 3.09. The van der Waals surface area contributed by atoms with E-state index >= 15 is 0 Å². The summed E-state index contributed by atoms with van der Waals surface area (Å²) in [6, 6.07) is 14.1. The van der Waals surface area contributed by atoms with Gasteiger partial charge in [0.25, 0.3) is 5.56 Å². The number of para-hydroxylation sites is 1. The molecule has 0 spiro atoms. The van der Waals surface area contributed by atoms with Crippen molar-refractivity contribution < 1.29 is 14.3 Å². The molecule has 0 saturated heterocycles. The Hall–Kier alpha value is -4.07. The van der Waals surface area contributed by atoms with Crippen LogP contribution in [-0.2, 0) is 4.79 Å². The number of nitrogens with zero attached hydrogens (tertiary/aromatic N) is 3. The van der Waals surface area contributed by atoms with Crippen LogP contribution in [0.3, 0.4) is 0 Å². The molecule has 0 aliphatic carbocycles. The van der Waals surface area contributed by atoms with Crippen LogP contribution < -0.4 is 20.3 Å². The minimum absolute atomic E-state index is 0.200. The second-order valence-corrected chi connectivity index (χ2v) is 8.05. The van der Waals surface area contributed by atoms with Crippen LogP contribution in [-0.4, -0.2) is 33.5 Å². The van der Waals surface area contributed by atoms with Gasteiger partial charge >= 0.3 is 0 Å². The molecular weight excluding hydrogens is 420 g/mol. The van der Waals surface area contributed by atoms with Crippen molar-refractivity contribution in [2.45, 2.75) is 26.8 Å². The molecule has 2 aromatic carbocycles. The summed E-state index contributed by atoms with van der Waals surface area (Å²) in [6.45, 7) is 6.56. The predicted octanol–water partition coefficient (Wildman–Crippen LogP) is 3.77. The fourth-order valence-electron chi connectivity index (χ4n) is 4.40. The summed E-state index contributed by atoms with van der Waals surface area (Å²) in [4.78, 5) is 26.4. The molecule has 8 nitrogen and oxygen atoms in total. The van der Waals surface area contributed by atoms with Gasteiger partial charge in [-0.15, -0.1) is 0 Å². The fourth-order valence-corrected chi connectivity index (χ4v) is 4.40. The van der Waals surface area contributed by atoms with Crippen molar-refractivity contribution in [3.8, 4) is 17.2 Å². The molecule has 8 heteroatoms. The van der Waals surface area contributed by atoms with E-state index in [1.165, 1.54) is 4.68 Å². The van der Waals surface area contributed by atoms with Gasteiger partial charge < -0.3 is 19.4 Å². The highest BCUT2D eigenvalue weighted by atomic mass is 16.6. The van der Waals surface area contributed by atoms with Crippen LogP contribution in [0.15, 0.2) is 59.5 Å².